The number of nitrogens with one attached hydrogen (secondary N) is 2. The second kappa shape index (κ2) is 11.1. The Bertz CT molecular complexity index is 1260. The van der Waals surface area contributed by atoms with Gasteiger partial charge in [-0.3, -0.25) is 14.6 Å². The molecule has 0 saturated heterocycles. The number of nitriles is 1. The fraction of sp³-hybridized carbons (Fsp3) is 0.308. The van der Waals surface area contributed by atoms with E-state index >= 15 is 0 Å². The van der Waals surface area contributed by atoms with Crippen molar-refractivity contribution in [3.63, 3.8) is 0 Å². The molecule has 1 amide bonds. The zero-order chi connectivity index (χ0) is 24.7. The van der Waals surface area contributed by atoms with Crippen LogP contribution in [0.3, 0.4) is 0 Å². The highest BCUT2D eigenvalue weighted by atomic mass is 16.5. The first-order valence-electron chi connectivity index (χ1n) is 11.0. The summed E-state index contributed by atoms with van der Waals surface area (Å²) in [5.41, 5.74) is 3.68. The average Bonchev–Trinajstić information content (AvgIpc) is 2.83. The predicted molar refractivity (Wildman–Crippen MR) is 128 cm³/mol. The largest absolute Gasteiger partial charge is 0.493 e. The van der Waals surface area contributed by atoms with Crippen LogP contribution in [0.5, 0.6) is 11.5 Å². The van der Waals surface area contributed by atoms with Gasteiger partial charge in [0.25, 0.3) is 5.56 Å². The molecular weight excluding hydrogens is 432 g/mol. The number of amides is 1. The molecule has 0 aliphatic carbocycles. The predicted octanol–water partition coefficient (Wildman–Crippen LogP) is 3.66. The quantitative estimate of drug-likeness (QED) is 0.503. The van der Waals surface area contributed by atoms with Crippen LogP contribution in [0.1, 0.15) is 52.9 Å². The Kier molecular flexibility index (Phi) is 8.04. The number of aromatic nitrogens is 2. The molecule has 1 unspecified atom stereocenters. The summed E-state index contributed by atoms with van der Waals surface area (Å²) in [7, 11) is 1.58. The van der Waals surface area contributed by atoms with E-state index in [0.29, 0.717) is 35.8 Å². The molecule has 3 aromatic rings. The summed E-state index contributed by atoms with van der Waals surface area (Å²) in [6, 6.07) is 11.0. The van der Waals surface area contributed by atoms with Crippen molar-refractivity contribution in [1.82, 2.24) is 15.3 Å². The second-order valence-corrected chi connectivity index (χ2v) is 8.01. The lowest BCUT2D eigenvalue weighted by Crippen LogP contribution is -2.27. The van der Waals surface area contributed by atoms with E-state index in [1.54, 1.807) is 33.4 Å². The maximum Gasteiger partial charge on any atom is 0.266 e. The minimum absolute atomic E-state index is 0.0905. The zero-order valence-electron chi connectivity index (χ0n) is 19.8. The summed E-state index contributed by atoms with van der Waals surface area (Å²) in [4.78, 5) is 31.2. The topological polar surface area (TPSA) is 117 Å². The van der Waals surface area contributed by atoms with Crippen molar-refractivity contribution in [2.45, 2.75) is 46.3 Å². The van der Waals surface area contributed by atoms with Gasteiger partial charge < -0.3 is 19.8 Å². The first-order valence-corrected chi connectivity index (χ1v) is 11.0. The minimum atomic E-state index is -0.401. The summed E-state index contributed by atoms with van der Waals surface area (Å²) in [6.07, 6.45) is 4.08. The molecule has 1 aromatic carbocycles. The number of H-pyrrole nitrogens is 1. The van der Waals surface area contributed by atoms with E-state index in [0.717, 1.165) is 16.7 Å². The summed E-state index contributed by atoms with van der Waals surface area (Å²) in [6.45, 7) is 5.80. The maximum absolute atomic E-state index is 12.6. The summed E-state index contributed by atoms with van der Waals surface area (Å²) < 4.78 is 11.4. The van der Waals surface area contributed by atoms with E-state index in [-0.39, 0.29) is 23.9 Å². The monoisotopic (exact) mass is 460 g/mol. The molecule has 2 N–H and O–H groups in total. The maximum atomic E-state index is 12.6. The summed E-state index contributed by atoms with van der Waals surface area (Å²) in [5.74, 6) is 1.06. The standard InChI is InChI=1S/C26H28N4O4/c1-16-21(18(3)30-26(32)22(16)14-27)6-8-25(31)29-17(2)20-5-7-23(24(13-20)33-4)34-15-19-9-11-28-12-10-19/h5,7,9-13,17H,6,8,15H2,1-4H3,(H,29,31)(H,30,32). The second-order valence-electron chi connectivity index (χ2n) is 8.01. The molecule has 0 fully saturated rings. The van der Waals surface area contributed by atoms with E-state index in [4.69, 9.17) is 9.47 Å². The number of benzene rings is 1. The molecule has 0 aliphatic heterocycles. The number of rotatable bonds is 9. The molecule has 0 spiro atoms. The molecule has 0 aliphatic rings. The van der Waals surface area contributed by atoms with Gasteiger partial charge >= 0.3 is 0 Å². The molecule has 2 aromatic heterocycles. The number of hydrogen-bond acceptors (Lipinski definition) is 6. The number of ether oxygens (including phenoxy) is 2. The number of pyridine rings is 2. The van der Waals surface area contributed by atoms with Crippen LogP contribution >= 0.6 is 0 Å². The molecule has 8 heteroatoms. The van der Waals surface area contributed by atoms with Gasteiger partial charge in [-0.25, -0.2) is 0 Å². The van der Waals surface area contributed by atoms with Gasteiger partial charge in [0.15, 0.2) is 11.5 Å². The third-order valence-electron chi connectivity index (χ3n) is 5.73. The van der Waals surface area contributed by atoms with Crippen molar-refractivity contribution in [3.8, 4) is 17.6 Å². The Morgan fingerprint density at radius 3 is 2.62 bits per heavy atom. The highest BCUT2D eigenvalue weighted by Crippen LogP contribution is 2.31. The highest BCUT2D eigenvalue weighted by molar-refractivity contribution is 5.76. The number of methoxy groups -OCH3 is 1. The zero-order valence-corrected chi connectivity index (χ0v) is 19.8. The van der Waals surface area contributed by atoms with Gasteiger partial charge in [0.1, 0.15) is 18.2 Å². The van der Waals surface area contributed by atoms with Crippen LogP contribution in [0.2, 0.25) is 0 Å². The van der Waals surface area contributed by atoms with Gasteiger partial charge in [0, 0.05) is 24.5 Å². The third kappa shape index (κ3) is 5.81. The van der Waals surface area contributed by atoms with Crippen molar-refractivity contribution in [3.05, 3.63) is 86.6 Å². The Morgan fingerprint density at radius 2 is 1.94 bits per heavy atom. The van der Waals surface area contributed by atoms with Gasteiger partial charge in [-0.05, 0) is 73.7 Å². The fourth-order valence-electron chi connectivity index (χ4n) is 3.77. The van der Waals surface area contributed by atoms with Crippen LogP contribution in [0, 0.1) is 25.2 Å². The molecule has 176 valence electrons. The van der Waals surface area contributed by atoms with E-state index < -0.39 is 5.56 Å². The lowest BCUT2D eigenvalue weighted by molar-refractivity contribution is -0.121. The molecule has 3 rings (SSSR count). The van der Waals surface area contributed by atoms with Crippen LogP contribution in [-0.2, 0) is 17.8 Å². The van der Waals surface area contributed by atoms with Crippen molar-refractivity contribution in [1.29, 1.82) is 5.26 Å². The first-order chi connectivity index (χ1) is 16.3. The molecule has 0 radical (unpaired) electrons. The molecule has 0 saturated carbocycles. The van der Waals surface area contributed by atoms with Crippen molar-refractivity contribution >= 4 is 5.91 Å². The number of aromatic amines is 1. The van der Waals surface area contributed by atoms with Crippen molar-refractivity contribution in [2.24, 2.45) is 0 Å². The SMILES string of the molecule is COc1cc(C(C)NC(=O)CCc2c(C)[nH]c(=O)c(C#N)c2C)ccc1OCc1ccncc1. The molecule has 1 atom stereocenters. The van der Waals surface area contributed by atoms with Gasteiger partial charge in [-0.2, -0.15) is 5.26 Å². The number of nitrogens with zero attached hydrogens (tertiary/aromatic N) is 2. The van der Waals surface area contributed by atoms with E-state index in [2.05, 4.69) is 15.3 Å². The normalized spacial score (nSPS) is 11.4. The Morgan fingerprint density at radius 1 is 1.21 bits per heavy atom. The Labute approximate surface area is 198 Å². The molecular formula is C26H28N4O4. The Balaban J connectivity index is 1.63. The lowest BCUT2D eigenvalue weighted by atomic mass is 9.99. The van der Waals surface area contributed by atoms with Crippen LogP contribution < -0.4 is 20.3 Å². The minimum Gasteiger partial charge on any atom is -0.493 e. The number of hydrogen-bond donors (Lipinski definition) is 2. The smallest absolute Gasteiger partial charge is 0.266 e. The van der Waals surface area contributed by atoms with Crippen LogP contribution in [0.15, 0.2) is 47.5 Å². The number of aryl methyl sites for hydroxylation is 1. The Hall–Kier alpha value is -4.12. The van der Waals surface area contributed by atoms with Crippen molar-refractivity contribution < 1.29 is 14.3 Å². The molecule has 34 heavy (non-hydrogen) atoms. The van der Waals surface area contributed by atoms with E-state index in [9.17, 15) is 14.9 Å². The van der Waals surface area contributed by atoms with Crippen LogP contribution in [0.25, 0.3) is 0 Å². The van der Waals surface area contributed by atoms with Crippen LogP contribution in [-0.4, -0.2) is 23.0 Å². The molecule has 2 heterocycles. The van der Waals surface area contributed by atoms with Gasteiger partial charge in [-0.15, -0.1) is 0 Å². The summed E-state index contributed by atoms with van der Waals surface area (Å²) in [5, 5.41) is 12.2. The third-order valence-corrected chi connectivity index (χ3v) is 5.73. The lowest BCUT2D eigenvalue weighted by Gasteiger charge is -2.18. The number of carbonyl (C=O) groups is 1. The van der Waals surface area contributed by atoms with E-state index in [1.165, 1.54) is 0 Å². The highest BCUT2D eigenvalue weighted by Gasteiger charge is 2.16. The van der Waals surface area contributed by atoms with Crippen molar-refractivity contribution in [2.75, 3.05) is 7.11 Å². The van der Waals surface area contributed by atoms with Gasteiger partial charge in [-0.1, -0.05) is 6.07 Å². The number of carbonyl (C=O) groups excluding carboxylic acids is 1. The average molecular weight is 461 g/mol. The summed E-state index contributed by atoms with van der Waals surface area (Å²) >= 11 is 0. The van der Waals surface area contributed by atoms with Crippen LogP contribution in [0.4, 0.5) is 0 Å². The fourth-order valence-corrected chi connectivity index (χ4v) is 3.77. The molecule has 8 nitrogen and oxygen atoms in total. The first kappa shape index (κ1) is 24.5. The van der Waals surface area contributed by atoms with Gasteiger partial charge in [0.05, 0.1) is 13.2 Å². The van der Waals surface area contributed by atoms with E-state index in [1.807, 2.05) is 43.3 Å². The van der Waals surface area contributed by atoms with Gasteiger partial charge in [0.2, 0.25) is 5.91 Å². The molecule has 0 bridgehead atoms.